The molecule has 0 N–H and O–H groups in total. The molecule has 0 fully saturated rings. The van der Waals surface area contributed by atoms with Gasteiger partial charge in [0.1, 0.15) is 0 Å². The molecule has 0 aromatic heterocycles. The van der Waals surface area contributed by atoms with Gasteiger partial charge in [0.25, 0.3) is 0 Å². The molecular formula is C9H22ClNSi. The number of nitrogens with zero attached hydrogens (tertiary/aromatic N) is 1. The van der Waals surface area contributed by atoms with Crippen molar-refractivity contribution in [3.63, 3.8) is 0 Å². The van der Waals surface area contributed by atoms with Gasteiger partial charge >= 0.3 is 0 Å². The van der Waals surface area contributed by atoms with E-state index in [1.165, 1.54) is 16.3 Å². The van der Waals surface area contributed by atoms with Crippen molar-refractivity contribution < 1.29 is 0 Å². The van der Waals surface area contributed by atoms with Gasteiger partial charge in [-0.05, 0) is 18.5 Å². The van der Waals surface area contributed by atoms with Crippen LogP contribution in [0.25, 0.3) is 0 Å². The third kappa shape index (κ3) is 3.07. The molecular weight excluding hydrogens is 186 g/mol. The molecule has 0 bridgehead atoms. The first-order valence-corrected chi connectivity index (χ1v) is 6.72. The van der Waals surface area contributed by atoms with Crippen LogP contribution in [0, 0.1) is 5.41 Å². The minimum atomic E-state index is 0.199. The quantitative estimate of drug-likeness (QED) is 0.377. The molecule has 0 aromatic rings. The summed E-state index contributed by atoms with van der Waals surface area (Å²) in [6.45, 7) is 11.0. The van der Waals surface area contributed by atoms with Crippen LogP contribution in [-0.4, -0.2) is 33.7 Å². The van der Waals surface area contributed by atoms with Crippen LogP contribution in [0.15, 0.2) is 0 Å². The van der Waals surface area contributed by atoms with E-state index in [0.717, 1.165) is 13.1 Å². The predicted octanol–water partition coefficient (Wildman–Crippen LogP) is 1.70. The minimum Gasteiger partial charge on any atom is -0.288 e. The van der Waals surface area contributed by atoms with Crippen LogP contribution in [0.5, 0.6) is 0 Å². The Morgan fingerprint density at radius 3 is 2.00 bits per heavy atom. The van der Waals surface area contributed by atoms with Crippen molar-refractivity contribution >= 4 is 21.8 Å². The Morgan fingerprint density at radius 1 is 1.33 bits per heavy atom. The van der Waals surface area contributed by atoms with Gasteiger partial charge < -0.3 is 0 Å². The highest BCUT2D eigenvalue weighted by atomic mass is 35.5. The SMILES string of the molecule is CCN(CC)C(Cl)C(C)(C)C[SiH3]. The lowest BCUT2D eigenvalue weighted by atomic mass is 9.95. The molecule has 3 heteroatoms. The van der Waals surface area contributed by atoms with Crippen molar-refractivity contribution in [3.8, 4) is 0 Å². The van der Waals surface area contributed by atoms with Gasteiger partial charge in [0.2, 0.25) is 0 Å². The third-order valence-electron chi connectivity index (χ3n) is 2.69. The molecule has 12 heavy (non-hydrogen) atoms. The van der Waals surface area contributed by atoms with Gasteiger partial charge in [-0.2, -0.15) is 0 Å². The van der Waals surface area contributed by atoms with Crippen molar-refractivity contribution in [1.82, 2.24) is 4.90 Å². The highest BCUT2D eigenvalue weighted by molar-refractivity contribution is 6.21. The van der Waals surface area contributed by atoms with Crippen LogP contribution < -0.4 is 0 Å². The van der Waals surface area contributed by atoms with E-state index in [9.17, 15) is 0 Å². The Bertz CT molecular complexity index is 124. The zero-order chi connectivity index (χ0) is 9.78. The zero-order valence-corrected chi connectivity index (χ0v) is 11.8. The van der Waals surface area contributed by atoms with Crippen LogP contribution >= 0.6 is 11.6 Å². The van der Waals surface area contributed by atoms with Crippen molar-refractivity contribution in [2.24, 2.45) is 5.41 Å². The zero-order valence-electron chi connectivity index (χ0n) is 9.02. The maximum absolute atomic E-state index is 6.39. The first-order valence-electron chi connectivity index (χ1n) is 4.87. The molecule has 0 radical (unpaired) electrons. The summed E-state index contributed by atoms with van der Waals surface area (Å²) < 4.78 is 0. The second kappa shape index (κ2) is 5.25. The highest BCUT2D eigenvalue weighted by Gasteiger charge is 2.29. The summed E-state index contributed by atoms with van der Waals surface area (Å²) in [4.78, 5) is 2.32. The number of alkyl halides is 1. The number of hydrogen-bond acceptors (Lipinski definition) is 1. The third-order valence-corrected chi connectivity index (χ3v) is 5.38. The van der Waals surface area contributed by atoms with E-state index in [1.807, 2.05) is 0 Å². The summed E-state index contributed by atoms with van der Waals surface area (Å²) in [6, 6.07) is 1.26. The first kappa shape index (κ1) is 12.5. The molecule has 0 amide bonds. The van der Waals surface area contributed by atoms with E-state index >= 15 is 0 Å². The number of rotatable bonds is 5. The Labute approximate surface area is 84.9 Å². The van der Waals surface area contributed by atoms with Crippen LogP contribution in [0.3, 0.4) is 0 Å². The van der Waals surface area contributed by atoms with Gasteiger partial charge in [0, 0.05) is 10.2 Å². The van der Waals surface area contributed by atoms with Gasteiger partial charge in [0.15, 0.2) is 0 Å². The molecule has 0 saturated heterocycles. The van der Waals surface area contributed by atoms with E-state index < -0.39 is 0 Å². The normalized spacial score (nSPS) is 15.5. The standard InChI is InChI=1S/C9H22ClNSi/c1-5-11(6-2)8(10)9(3,4)7-12/h8H,5-7H2,1-4,12H3. The molecule has 0 saturated carbocycles. The molecule has 0 aliphatic carbocycles. The summed E-state index contributed by atoms with van der Waals surface area (Å²) in [5.41, 5.74) is 0.477. The number of halogens is 1. The first-order chi connectivity index (χ1) is 5.49. The smallest absolute Gasteiger partial charge is 0.0898 e. The van der Waals surface area contributed by atoms with Crippen molar-refractivity contribution in [2.75, 3.05) is 13.1 Å². The monoisotopic (exact) mass is 207 g/mol. The highest BCUT2D eigenvalue weighted by Crippen LogP contribution is 2.30. The number of hydrogen-bond donors (Lipinski definition) is 0. The molecule has 0 aromatic carbocycles. The second-order valence-electron chi connectivity index (χ2n) is 3.90. The van der Waals surface area contributed by atoms with Crippen LogP contribution in [-0.2, 0) is 0 Å². The van der Waals surface area contributed by atoms with E-state index in [2.05, 4.69) is 32.6 Å². The van der Waals surface area contributed by atoms with E-state index in [1.54, 1.807) is 0 Å². The molecule has 0 aliphatic rings. The molecule has 0 rings (SSSR count). The van der Waals surface area contributed by atoms with E-state index in [0.29, 0.717) is 0 Å². The van der Waals surface area contributed by atoms with Crippen molar-refractivity contribution in [2.45, 2.75) is 39.2 Å². The largest absolute Gasteiger partial charge is 0.288 e. The fraction of sp³-hybridized carbons (Fsp3) is 1.00. The van der Waals surface area contributed by atoms with Gasteiger partial charge in [-0.15, -0.1) is 11.6 Å². The molecule has 1 atom stereocenters. The summed E-state index contributed by atoms with van der Waals surface area (Å²) >= 11 is 6.39. The van der Waals surface area contributed by atoms with Crippen LogP contribution in [0.4, 0.5) is 0 Å². The molecule has 1 nitrogen and oxygen atoms in total. The Morgan fingerprint density at radius 2 is 1.75 bits per heavy atom. The lowest BCUT2D eigenvalue weighted by Crippen LogP contribution is -2.41. The maximum atomic E-state index is 6.39. The predicted molar refractivity (Wildman–Crippen MR) is 61.1 cm³/mol. The van der Waals surface area contributed by atoms with Crippen LogP contribution in [0.1, 0.15) is 27.7 Å². The van der Waals surface area contributed by atoms with Gasteiger partial charge in [-0.25, -0.2) is 0 Å². The van der Waals surface area contributed by atoms with Crippen LogP contribution in [0.2, 0.25) is 6.04 Å². The van der Waals surface area contributed by atoms with Gasteiger partial charge in [-0.3, -0.25) is 4.90 Å². The summed E-state index contributed by atoms with van der Waals surface area (Å²) in [6.07, 6.45) is 0. The average molecular weight is 208 g/mol. The lowest BCUT2D eigenvalue weighted by Gasteiger charge is -2.36. The average Bonchev–Trinajstić information content (AvgIpc) is 2.06. The lowest BCUT2D eigenvalue weighted by molar-refractivity contribution is 0.174. The molecule has 74 valence electrons. The molecule has 0 aliphatic heterocycles. The van der Waals surface area contributed by atoms with Gasteiger partial charge in [-0.1, -0.05) is 33.7 Å². The van der Waals surface area contributed by atoms with Gasteiger partial charge in [0.05, 0.1) is 5.50 Å². The van der Waals surface area contributed by atoms with Crippen molar-refractivity contribution in [1.29, 1.82) is 0 Å². The maximum Gasteiger partial charge on any atom is 0.0898 e. The second-order valence-corrected chi connectivity index (χ2v) is 5.02. The minimum absolute atomic E-state index is 0.199. The summed E-state index contributed by atoms with van der Waals surface area (Å²) in [5, 5.41) is 0. The fourth-order valence-corrected chi connectivity index (χ4v) is 2.28. The van der Waals surface area contributed by atoms with E-state index in [4.69, 9.17) is 11.6 Å². The fourth-order valence-electron chi connectivity index (χ4n) is 1.21. The molecule has 1 unspecified atom stereocenters. The molecule has 0 heterocycles. The van der Waals surface area contributed by atoms with Crippen molar-refractivity contribution in [3.05, 3.63) is 0 Å². The Kier molecular flexibility index (Phi) is 5.46. The topological polar surface area (TPSA) is 3.24 Å². The van der Waals surface area contributed by atoms with E-state index in [-0.39, 0.29) is 10.9 Å². The molecule has 0 spiro atoms. The Balaban J connectivity index is 4.23. The Hall–Kier alpha value is 0.467. The summed E-state index contributed by atoms with van der Waals surface area (Å²) in [7, 11) is 1.24. The summed E-state index contributed by atoms with van der Waals surface area (Å²) in [5.74, 6) is 0.